The van der Waals surface area contributed by atoms with Crippen LogP contribution in [-0.2, 0) is 0 Å². The third kappa shape index (κ3) is 1.80. The fourth-order valence-electron chi connectivity index (χ4n) is 1.47. The zero-order chi connectivity index (χ0) is 9.97. The van der Waals surface area contributed by atoms with Gasteiger partial charge >= 0.3 is 0 Å². The first-order valence-corrected chi connectivity index (χ1v) is 4.61. The van der Waals surface area contributed by atoms with Gasteiger partial charge in [0.15, 0.2) is 11.6 Å². The van der Waals surface area contributed by atoms with Gasteiger partial charge in [0.1, 0.15) is 0 Å². The first-order valence-electron chi connectivity index (χ1n) is 4.61. The van der Waals surface area contributed by atoms with E-state index in [1.54, 1.807) is 0 Å². The summed E-state index contributed by atoms with van der Waals surface area (Å²) in [5.41, 5.74) is 0.159. The van der Waals surface area contributed by atoms with Crippen LogP contribution in [0.5, 0.6) is 0 Å². The Labute approximate surface area is 81.3 Å². The van der Waals surface area contributed by atoms with Crippen LogP contribution in [0.2, 0.25) is 0 Å². The maximum Gasteiger partial charge on any atom is 0.166 e. The van der Waals surface area contributed by atoms with Gasteiger partial charge in [-0.3, -0.25) is 9.78 Å². The molecule has 0 saturated carbocycles. The van der Waals surface area contributed by atoms with Crippen LogP contribution in [0.15, 0.2) is 18.5 Å². The first-order chi connectivity index (χ1) is 6.77. The minimum absolute atomic E-state index is 0.128. The summed E-state index contributed by atoms with van der Waals surface area (Å²) >= 11 is 0. The third-order valence-electron chi connectivity index (χ3n) is 2.41. The Morgan fingerprint density at radius 2 is 2.43 bits per heavy atom. The summed E-state index contributed by atoms with van der Waals surface area (Å²) in [5.74, 6) is -0.281. The standard InChI is InChI=1S/C10H11FN2O/c11-9-6-12-2-1-8(9)10(14)3-7-4-13-5-7/h1-2,6-7,13H,3-5H2. The largest absolute Gasteiger partial charge is 0.316 e. The van der Waals surface area contributed by atoms with Crippen LogP contribution in [0.25, 0.3) is 0 Å². The number of ketones is 1. The van der Waals surface area contributed by atoms with Crippen molar-refractivity contribution >= 4 is 5.78 Å². The highest BCUT2D eigenvalue weighted by molar-refractivity contribution is 5.96. The highest BCUT2D eigenvalue weighted by Crippen LogP contribution is 2.14. The van der Waals surface area contributed by atoms with Gasteiger partial charge in [0.2, 0.25) is 0 Å². The second kappa shape index (κ2) is 3.84. The molecule has 2 rings (SSSR count). The van der Waals surface area contributed by atoms with E-state index in [1.807, 2.05) is 0 Å². The first kappa shape index (κ1) is 9.27. The molecule has 1 aliphatic heterocycles. The lowest BCUT2D eigenvalue weighted by Gasteiger charge is -2.26. The Morgan fingerprint density at radius 3 is 3.00 bits per heavy atom. The van der Waals surface area contributed by atoms with E-state index in [9.17, 15) is 9.18 Å². The van der Waals surface area contributed by atoms with Crippen LogP contribution in [0.1, 0.15) is 16.8 Å². The van der Waals surface area contributed by atoms with Gasteiger partial charge in [-0.05, 0) is 25.1 Å². The molecule has 0 unspecified atom stereocenters. The van der Waals surface area contributed by atoms with Crippen LogP contribution in [0.4, 0.5) is 4.39 Å². The summed E-state index contributed by atoms with van der Waals surface area (Å²) in [6.45, 7) is 1.72. The predicted molar refractivity (Wildman–Crippen MR) is 49.5 cm³/mol. The predicted octanol–water partition coefficient (Wildman–Crippen LogP) is 1.01. The van der Waals surface area contributed by atoms with Crippen LogP contribution in [0.3, 0.4) is 0 Å². The number of pyridine rings is 1. The summed E-state index contributed by atoms with van der Waals surface area (Å²) in [4.78, 5) is 15.2. The Bertz CT molecular complexity index is 350. The number of nitrogens with zero attached hydrogens (tertiary/aromatic N) is 1. The van der Waals surface area contributed by atoms with Crippen LogP contribution >= 0.6 is 0 Å². The molecule has 1 aromatic heterocycles. The Kier molecular flexibility index (Phi) is 2.54. The molecule has 0 aromatic carbocycles. The van der Waals surface area contributed by atoms with Crippen LogP contribution < -0.4 is 5.32 Å². The van der Waals surface area contributed by atoms with E-state index in [0.717, 1.165) is 19.3 Å². The minimum atomic E-state index is -0.523. The zero-order valence-electron chi connectivity index (χ0n) is 7.66. The summed E-state index contributed by atoms with van der Waals surface area (Å²) in [6, 6.07) is 1.43. The van der Waals surface area contributed by atoms with Gasteiger partial charge < -0.3 is 5.32 Å². The molecule has 74 valence electrons. The van der Waals surface area contributed by atoms with E-state index in [2.05, 4.69) is 10.3 Å². The molecule has 0 spiro atoms. The van der Waals surface area contributed by atoms with Crippen LogP contribution in [0, 0.1) is 11.7 Å². The van der Waals surface area contributed by atoms with Gasteiger partial charge in [0, 0.05) is 12.6 Å². The fourth-order valence-corrected chi connectivity index (χ4v) is 1.47. The fraction of sp³-hybridized carbons (Fsp3) is 0.400. The van der Waals surface area contributed by atoms with Crippen molar-refractivity contribution in [1.82, 2.24) is 10.3 Å². The molecule has 0 amide bonds. The number of hydrogen-bond acceptors (Lipinski definition) is 3. The maximum absolute atomic E-state index is 13.1. The van der Waals surface area contributed by atoms with Crippen molar-refractivity contribution in [3.8, 4) is 0 Å². The second-order valence-corrected chi connectivity index (χ2v) is 3.51. The molecule has 0 aliphatic carbocycles. The second-order valence-electron chi connectivity index (χ2n) is 3.51. The number of hydrogen-bond donors (Lipinski definition) is 1. The molecule has 0 atom stereocenters. The van der Waals surface area contributed by atoms with Gasteiger partial charge in [-0.1, -0.05) is 0 Å². The monoisotopic (exact) mass is 194 g/mol. The van der Waals surface area contributed by atoms with E-state index in [-0.39, 0.29) is 11.3 Å². The van der Waals surface area contributed by atoms with E-state index in [0.29, 0.717) is 12.3 Å². The van der Waals surface area contributed by atoms with Gasteiger partial charge in [-0.15, -0.1) is 0 Å². The SMILES string of the molecule is O=C(CC1CNC1)c1ccncc1F. The van der Waals surface area contributed by atoms with Crippen molar-refractivity contribution in [1.29, 1.82) is 0 Å². The molecule has 1 N–H and O–H groups in total. The summed E-state index contributed by atoms with van der Waals surface area (Å²) in [5, 5.41) is 3.07. The van der Waals surface area contributed by atoms with Gasteiger partial charge in [0.05, 0.1) is 11.8 Å². The molecule has 0 radical (unpaired) electrons. The number of Topliss-reactive ketones (excluding diaryl/α,β-unsaturated/α-hetero) is 1. The summed E-state index contributed by atoms with van der Waals surface area (Å²) < 4.78 is 13.1. The van der Waals surface area contributed by atoms with Crippen molar-refractivity contribution in [3.63, 3.8) is 0 Å². The van der Waals surface area contributed by atoms with E-state index < -0.39 is 5.82 Å². The lowest BCUT2D eigenvalue weighted by molar-refractivity contribution is 0.0941. The highest BCUT2D eigenvalue weighted by Gasteiger charge is 2.22. The molecule has 1 aliphatic rings. The summed E-state index contributed by atoms with van der Waals surface area (Å²) in [7, 11) is 0. The molecule has 3 nitrogen and oxygen atoms in total. The third-order valence-corrected chi connectivity index (χ3v) is 2.41. The molecular weight excluding hydrogens is 183 g/mol. The van der Waals surface area contributed by atoms with E-state index in [1.165, 1.54) is 12.3 Å². The molecule has 2 heterocycles. The smallest absolute Gasteiger partial charge is 0.166 e. The molecule has 1 fully saturated rings. The van der Waals surface area contributed by atoms with Gasteiger partial charge in [-0.25, -0.2) is 4.39 Å². The number of carbonyl (C=O) groups excluding carboxylic acids is 1. The molecule has 1 saturated heterocycles. The van der Waals surface area contributed by atoms with Crippen molar-refractivity contribution in [3.05, 3.63) is 29.8 Å². The quantitative estimate of drug-likeness (QED) is 0.730. The zero-order valence-corrected chi connectivity index (χ0v) is 7.66. The number of rotatable bonds is 3. The number of carbonyl (C=O) groups is 1. The van der Waals surface area contributed by atoms with Crippen molar-refractivity contribution in [2.75, 3.05) is 13.1 Å². The van der Waals surface area contributed by atoms with Crippen molar-refractivity contribution in [2.24, 2.45) is 5.92 Å². The van der Waals surface area contributed by atoms with Crippen molar-refractivity contribution < 1.29 is 9.18 Å². The normalized spacial score (nSPS) is 16.4. The average molecular weight is 194 g/mol. The summed E-state index contributed by atoms with van der Waals surface area (Å²) in [6.07, 6.45) is 2.94. The molecule has 0 bridgehead atoms. The average Bonchev–Trinajstić information content (AvgIpc) is 2.12. The highest BCUT2D eigenvalue weighted by atomic mass is 19.1. The van der Waals surface area contributed by atoms with E-state index in [4.69, 9.17) is 0 Å². The number of nitrogens with one attached hydrogen (secondary N) is 1. The molecule has 1 aromatic rings. The number of aromatic nitrogens is 1. The number of halogens is 1. The van der Waals surface area contributed by atoms with Gasteiger partial charge in [0.25, 0.3) is 0 Å². The topological polar surface area (TPSA) is 42.0 Å². The Hall–Kier alpha value is -1.29. The Morgan fingerprint density at radius 1 is 1.64 bits per heavy atom. The minimum Gasteiger partial charge on any atom is -0.316 e. The Balaban J connectivity index is 2.06. The lowest BCUT2D eigenvalue weighted by atomic mass is 9.94. The lowest BCUT2D eigenvalue weighted by Crippen LogP contribution is -2.43. The van der Waals surface area contributed by atoms with Crippen LogP contribution in [-0.4, -0.2) is 23.9 Å². The maximum atomic E-state index is 13.1. The molecule has 14 heavy (non-hydrogen) atoms. The molecular formula is C10H11FN2O. The van der Waals surface area contributed by atoms with Crippen molar-refractivity contribution in [2.45, 2.75) is 6.42 Å². The van der Waals surface area contributed by atoms with Gasteiger partial charge in [-0.2, -0.15) is 0 Å². The molecule has 4 heteroatoms. The van der Waals surface area contributed by atoms with E-state index >= 15 is 0 Å².